The van der Waals surface area contributed by atoms with Crippen molar-refractivity contribution in [1.82, 2.24) is 4.98 Å². The third kappa shape index (κ3) is 5.21. The number of fused-ring (bicyclic) bond motifs is 12. The van der Waals surface area contributed by atoms with Gasteiger partial charge in [-0.2, -0.15) is 0 Å². The highest BCUT2D eigenvalue weighted by atomic mass is 15.2. The van der Waals surface area contributed by atoms with Gasteiger partial charge in [0, 0.05) is 33.5 Å². The minimum Gasteiger partial charge on any atom is -0.311 e. The van der Waals surface area contributed by atoms with Crippen molar-refractivity contribution in [3.05, 3.63) is 287 Å². The normalized spacial score (nSPS) is 14.9. The summed E-state index contributed by atoms with van der Waals surface area (Å²) in [5, 5.41) is 3.67. The predicted molar refractivity (Wildman–Crippen MR) is 296 cm³/mol. The molecule has 0 bridgehead atoms. The molecule has 0 atom stereocenters. The van der Waals surface area contributed by atoms with Gasteiger partial charge in [0.15, 0.2) is 0 Å². The zero-order chi connectivity index (χ0) is 46.8. The summed E-state index contributed by atoms with van der Waals surface area (Å²) < 4.78 is 0. The molecule has 0 saturated carbocycles. The highest BCUT2D eigenvalue weighted by Crippen LogP contribution is 2.62. The van der Waals surface area contributed by atoms with E-state index in [1.54, 1.807) is 0 Å². The molecule has 0 unspecified atom stereocenters. The van der Waals surface area contributed by atoms with Gasteiger partial charge in [0.25, 0.3) is 6.71 Å². The Hall–Kier alpha value is -8.47. The summed E-state index contributed by atoms with van der Waals surface area (Å²) in [6, 6.07) is 89.4. The summed E-state index contributed by atoms with van der Waals surface area (Å²) in [6.07, 6.45) is 3.10. The zero-order valence-corrected chi connectivity index (χ0v) is 39.6. The van der Waals surface area contributed by atoms with E-state index in [1.165, 1.54) is 117 Å². The van der Waals surface area contributed by atoms with Crippen molar-refractivity contribution in [1.29, 1.82) is 0 Å². The summed E-state index contributed by atoms with van der Waals surface area (Å²) >= 11 is 0. The molecule has 11 aromatic rings. The van der Waals surface area contributed by atoms with Crippen LogP contribution >= 0.6 is 0 Å². The highest BCUT2D eigenvalue weighted by molar-refractivity contribution is 7.00. The number of benzene rings is 10. The van der Waals surface area contributed by atoms with Crippen LogP contribution in [0.15, 0.2) is 237 Å². The summed E-state index contributed by atoms with van der Waals surface area (Å²) in [4.78, 5) is 11.3. The number of rotatable bonds is 7. The van der Waals surface area contributed by atoms with E-state index >= 15 is 0 Å². The molecule has 0 N–H and O–H groups in total. The lowest BCUT2D eigenvalue weighted by atomic mass is 9.32. The van der Waals surface area contributed by atoms with Crippen molar-refractivity contribution in [3.8, 4) is 0 Å². The molecule has 15 rings (SSSR count). The number of hydrogen-bond donors (Lipinski definition) is 0. The van der Waals surface area contributed by atoms with Crippen LogP contribution < -0.4 is 26.2 Å². The van der Waals surface area contributed by atoms with Gasteiger partial charge in [-0.3, -0.25) is 0 Å². The number of para-hydroxylation sites is 4. The second-order valence-corrected chi connectivity index (χ2v) is 19.9. The molecule has 0 radical (unpaired) electrons. The first kappa shape index (κ1) is 40.4. The molecular weight excluding hydrogens is 858 g/mol. The van der Waals surface area contributed by atoms with E-state index < -0.39 is 10.8 Å². The van der Waals surface area contributed by atoms with Gasteiger partial charge >= 0.3 is 0 Å². The van der Waals surface area contributed by atoms with E-state index in [4.69, 9.17) is 4.98 Å². The number of aryl methyl sites for hydroxylation is 1. The van der Waals surface area contributed by atoms with Crippen molar-refractivity contribution in [2.75, 3.05) is 9.80 Å². The molecule has 0 aliphatic carbocycles. The minimum atomic E-state index is -0.621. The van der Waals surface area contributed by atoms with Crippen molar-refractivity contribution in [2.45, 2.75) is 37.0 Å². The fraction of sp³-hybridized carbons (Fsp3) is 0.0896. The standard InChI is InChI=1S/C67H48BN3/c1-2-3-40-57-49-33-17-16-32-48(49)50-43-60-61-65(62(50)69-57)71-59-42-21-19-35-52(59)67(46-28-12-6-13-29-46,47-30-14-7-15-31-47)54-37-23-39-56(64(54)71)68(61)55-38-22-36-53-63(55)70(60)58-41-20-18-34-51(58)66(53,44-24-8-4-9-25-44)45-26-10-5-11-27-45/h4-39,41-43H,2-3,40H2,1H3. The quantitative estimate of drug-likeness (QED) is 0.117. The van der Waals surface area contributed by atoms with Crippen LogP contribution in [0, 0.1) is 0 Å². The Morgan fingerprint density at radius 1 is 0.394 bits per heavy atom. The average molecular weight is 906 g/mol. The fourth-order valence-electron chi connectivity index (χ4n) is 13.9. The Kier molecular flexibility index (Phi) is 8.69. The molecule has 1 aromatic heterocycles. The summed E-state index contributed by atoms with van der Waals surface area (Å²) in [5.74, 6) is 0. The van der Waals surface area contributed by atoms with Crippen LogP contribution in [0.2, 0.25) is 0 Å². The van der Waals surface area contributed by atoms with Crippen molar-refractivity contribution in [2.24, 2.45) is 0 Å². The van der Waals surface area contributed by atoms with Gasteiger partial charge in [0.1, 0.15) is 0 Å². The minimum absolute atomic E-state index is 0.113. The Morgan fingerprint density at radius 2 is 0.831 bits per heavy atom. The molecular formula is C67H48BN3. The van der Waals surface area contributed by atoms with Crippen molar-refractivity contribution in [3.63, 3.8) is 0 Å². The van der Waals surface area contributed by atoms with E-state index in [9.17, 15) is 0 Å². The molecule has 5 heterocycles. The molecule has 4 heteroatoms. The van der Waals surface area contributed by atoms with Crippen LogP contribution in [0.5, 0.6) is 0 Å². The molecule has 4 aliphatic heterocycles. The SMILES string of the molecule is CCCCc1nc2c3c4c(cc2c2ccccc12)N1c2ccccc2C(c2ccccc2)(c2ccccc2)c2cccc(c21)B4c1cccc2c1N3c1ccccc1C2(c1ccccc1)c1ccccc1. The summed E-state index contributed by atoms with van der Waals surface area (Å²) in [7, 11) is 0. The van der Waals surface area contributed by atoms with Crippen LogP contribution in [0.1, 0.15) is 70.0 Å². The zero-order valence-electron chi connectivity index (χ0n) is 39.6. The smallest absolute Gasteiger partial charge is 0.252 e. The number of nitrogens with zero attached hydrogens (tertiary/aromatic N) is 3. The topological polar surface area (TPSA) is 19.4 Å². The first-order valence-electron chi connectivity index (χ1n) is 25.4. The largest absolute Gasteiger partial charge is 0.311 e. The van der Waals surface area contributed by atoms with Gasteiger partial charge in [-0.05, 0) is 97.3 Å². The predicted octanol–water partition coefficient (Wildman–Crippen LogP) is 14.2. The number of unbranched alkanes of at least 4 members (excludes halogenated alkanes) is 1. The first-order valence-corrected chi connectivity index (χ1v) is 25.4. The molecule has 0 spiro atoms. The van der Waals surface area contributed by atoms with Gasteiger partial charge in [-0.1, -0.05) is 232 Å². The fourth-order valence-corrected chi connectivity index (χ4v) is 13.9. The summed E-state index contributed by atoms with van der Waals surface area (Å²) in [6.45, 7) is 2.17. The van der Waals surface area contributed by atoms with Gasteiger partial charge in [-0.25, -0.2) is 4.98 Å². The van der Waals surface area contributed by atoms with Crippen LogP contribution in [0.3, 0.4) is 0 Å². The highest BCUT2D eigenvalue weighted by Gasteiger charge is 2.55. The van der Waals surface area contributed by atoms with E-state index in [1.807, 2.05) is 0 Å². The van der Waals surface area contributed by atoms with Crippen LogP contribution in [-0.2, 0) is 17.3 Å². The molecule has 0 fully saturated rings. The Labute approximate surface area is 415 Å². The van der Waals surface area contributed by atoms with Crippen LogP contribution in [0.4, 0.5) is 34.1 Å². The molecule has 0 saturated heterocycles. The monoisotopic (exact) mass is 905 g/mol. The van der Waals surface area contributed by atoms with Crippen molar-refractivity contribution >= 4 is 78.9 Å². The maximum atomic E-state index is 5.96. The van der Waals surface area contributed by atoms with E-state index in [0.29, 0.717) is 0 Å². The second-order valence-electron chi connectivity index (χ2n) is 19.9. The number of hydrogen-bond acceptors (Lipinski definition) is 3. The lowest BCUT2D eigenvalue weighted by molar-refractivity contribution is 0.731. The Morgan fingerprint density at radius 3 is 1.35 bits per heavy atom. The number of anilines is 6. The van der Waals surface area contributed by atoms with Crippen LogP contribution in [0.25, 0.3) is 21.7 Å². The second kappa shape index (κ2) is 15.3. The van der Waals surface area contributed by atoms with Gasteiger partial charge in [0.2, 0.25) is 0 Å². The molecule has 71 heavy (non-hydrogen) atoms. The lowest BCUT2D eigenvalue weighted by Gasteiger charge is -2.53. The van der Waals surface area contributed by atoms with Gasteiger partial charge in [-0.15, -0.1) is 0 Å². The van der Waals surface area contributed by atoms with E-state index in [0.717, 1.165) is 24.8 Å². The maximum Gasteiger partial charge on any atom is 0.252 e. The number of pyridine rings is 1. The van der Waals surface area contributed by atoms with Gasteiger partial charge in [0.05, 0.1) is 33.4 Å². The Balaban J connectivity index is 1.15. The maximum absolute atomic E-state index is 5.96. The molecule has 4 aliphatic rings. The van der Waals surface area contributed by atoms with Gasteiger partial charge < -0.3 is 9.80 Å². The first-order chi connectivity index (χ1) is 35.2. The van der Waals surface area contributed by atoms with E-state index in [2.05, 4.69) is 253 Å². The lowest BCUT2D eigenvalue weighted by Crippen LogP contribution is -2.63. The molecule has 334 valence electrons. The molecule has 3 nitrogen and oxygen atoms in total. The molecule has 10 aromatic carbocycles. The third-order valence-corrected chi connectivity index (χ3v) is 16.5. The number of aromatic nitrogens is 1. The van der Waals surface area contributed by atoms with Crippen LogP contribution in [-0.4, -0.2) is 11.7 Å². The van der Waals surface area contributed by atoms with E-state index in [-0.39, 0.29) is 6.71 Å². The average Bonchev–Trinajstić information content (AvgIpc) is 3.45. The van der Waals surface area contributed by atoms with Crippen molar-refractivity contribution < 1.29 is 0 Å². The third-order valence-electron chi connectivity index (χ3n) is 16.5. The summed E-state index contributed by atoms with van der Waals surface area (Å²) in [5.41, 5.74) is 22.3. The molecule has 0 amide bonds. The Bertz CT molecular complexity index is 3850.